The summed E-state index contributed by atoms with van der Waals surface area (Å²) >= 11 is 0. The van der Waals surface area contributed by atoms with Crippen LogP contribution in [-0.4, -0.2) is 34.3 Å². The molecule has 0 radical (unpaired) electrons. The van der Waals surface area contributed by atoms with Crippen molar-refractivity contribution in [3.8, 4) is 11.5 Å². The van der Waals surface area contributed by atoms with Gasteiger partial charge in [0.05, 0.1) is 12.0 Å². The molecule has 2 aromatic carbocycles. The molecule has 158 valence electrons. The second kappa shape index (κ2) is 9.61. The lowest BCUT2D eigenvalue weighted by atomic mass is 10.2. The summed E-state index contributed by atoms with van der Waals surface area (Å²) in [7, 11) is -2.30. The van der Waals surface area contributed by atoms with Gasteiger partial charge in [0.15, 0.2) is 0 Å². The van der Waals surface area contributed by atoms with E-state index in [1.807, 2.05) is 0 Å². The Kier molecular flexibility index (Phi) is 7.46. The molecule has 2 rings (SSSR count). The van der Waals surface area contributed by atoms with Gasteiger partial charge in [0.1, 0.15) is 11.5 Å². The smallest absolute Gasteiger partial charge is 0.497 e. The van der Waals surface area contributed by atoms with Gasteiger partial charge < -0.3 is 14.8 Å². The third-order valence-corrected chi connectivity index (χ3v) is 5.14. The Bertz CT molecular complexity index is 914. The quantitative estimate of drug-likeness (QED) is 0.635. The molecule has 0 unspecified atom stereocenters. The van der Waals surface area contributed by atoms with E-state index in [1.54, 1.807) is 0 Å². The highest BCUT2D eigenvalue weighted by molar-refractivity contribution is 7.89. The molecule has 11 heteroatoms. The van der Waals surface area contributed by atoms with Crippen LogP contribution in [0.1, 0.15) is 12.0 Å². The van der Waals surface area contributed by atoms with Gasteiger partial charge in [-0.25, -0.2) is 13.1 Å². The Labute approximate surface area is 165 Å². The predicted octanol–water partition coefficient (Wildman–Crippen LogP) is 2.58. The van der Waals surface area contributed by atoms with Gasteiger partial charge in [0, 0.05) is 19.5 Å². The largest absolute Gasteiger partial charge is 0.573 e. The summed E-state index contributed by atoms with van der Waals surface area (Å²) < 4.78 is 71.7. The third-order valence-electron chi connectivity index (χ3n) is 3.66. The predicted molar refractivity (Wildman–Crippen MR) is 97.8 cm³/mol. The second-order valence-corrected chi connectivity index (χ2v) is 7.56. The van der Waals surface area contributed by atoms with E-state index in [2.05, 4.69) is 14.8 Å². The molecular weight excluding hydrogens is 413 g/mol. The highest BCUT2D eigenvalue weighted by atomic mass is 32.2. The van der Waals surface area contributed by atoms with Crippen molar-refractivity contribution < 1.29 is 35.9 Å². The normalized spacial score (nSPS) is 11.7. The Morgan fingerprint density at radius 2 is 1.59 bits per heavy atom. The Hall–Kier alpha value is -2.79. The molecule has 0 saturated heterocycles. The summed E-state index contributed by atoms with van der Waals surface area (Å²) in [6.07, 6.45) is -4.88. The average molecular weight is 432 g/mol. The minimum Gasteiger partial charge on any atom is -0.497 e. The van der Waals surface area contributed by atoms with Gasteiger partial charge in [-0.15, -0.1) is 13.2 Å². The number of halogens is 3. The van der Waals surface area contributed by atoms with Gasteiger partial charge in [-0.05, 0) is 42.0 Å². The topological polar surface area (TPSA) is 93.7 Å². The Balaban J connectivity index is 1.76. The monoisotopic (exact) mass is 432 g/mol. The number of rotatable bonds is 9. The molecular formula is C18H19F3N2O5S. The Morgan fingerprint density at radius 3 is 2.14 bits per heavy atom. The van der Waals surface area contributed by atoms with E-state index >= 15 is 0 Å². The van der Waals surface area contributed by atoms with Crippen molar-refractivity contribution in [2.24, 2.45) is 0 Å². The number of hydrogen-bond donors (Lipinski definition) is 2. The van der Waals surface area contributed by atoms with Crippen LogP contribution in [0.3, 0.4) is 0 Å². The van der Waals surface area contributed by atoms with E-state index < -0.39 is 22.3 Å². The van der Waals surface area contributed by atoms with Gasteiger partial charge >= 0.3 is 6.36 Å². The number of hydrogen-bond acceptors (Lipinski definition) is 5. The molecule has 0 fully saturated rings. The molecule has 0 spiro atoms. The van der Waals surface area contributed by atoms with Crippen LogP contribution in [-0.2, 0) is 21.4 Å². The first kappa shape index (κ1) is 22.5. The van der Waals surface area contributed by atoms with Crippen molar-refractivity contribution in [2.45, 2.75) is 24.2 Å². The molecule has 2 N–H and O–H groups in total. The van der Waals surface area contributed by atoms with Gasteiger partial charge in [0.25, 0.3) is 0 Å². The van der Waals surface area contributed by atoms with E-state index in [4.69, 9.17) is 4.74 Å². The lowest BCUT2D eigenvalue weighted by Gasteiger charge is -2.10. The minimum atomic E-state index is -4.77. The van der Waals surface area contributed by atoms with E-state index in [1.165, 1.54) is 43.5 Å². The summed E-state index contributed by atoms with van der Waals surface area (Å²) in [6, 6.07) is 10.8. The first-order chi connectivity index (χ1) is 13.6. The summed E-state index contributed by atoms with van der Waals surface area (Å²) in [5, 5.41) is 2.55. The molecule has 29 heavy (non-hydrogen) atoms. The lowest BCUT2D eigenvalue weighted by Crippen LogP contribution is -2.30. The molecule has 0 saturated carbocycles. The molecule has 2 aromatic rings. The SMILES string of the molecule is COc1ccc(S(=O)(=O)NCCC(=O)NCc2ccc(OC(F)(F)F)cc2)cc1. The van der Waals surface area contributed by atoms with Crippen LogP contribution in [0.5, 0.6) is 11.5 Å². The van der Waals surface area contributed by atoms with Crippen molar-refractivity contribution in [3.63, 3.8) is 0 Å². The van der Waals surface area contributed by atoms with Crippen LogP contribution in [0, 0.1) is 0 Å². The number of methoxy groups -OCH3 is 1. The molecule has 0 aliphatic carbocycles. The summed E-state index contributed by atoms with van der Waals surface area (Å²) in [5.41, 5.74) is 0.562. The fourth-order valence-electron chi connectivity index (χ4n) is 2.24. The molecule has 1 amide bonds. The fraction of sp³-hybridized carbons (Fsp3) is 0.278. The summed E-state index contributed by atoms with van der Waals surface area (Å²) in [4.78, 5) is 11.9. The van der Waals surface area contributed by atoms with E-state index in [9.17, 15) is 26.4 Å². The second-order valence-electron chi connectivity index (χ2n) is 5.79. The maximum Gasteiger partial charge on any atom is 0.573 e. The number of amides is 1. The molecule has 0 heterocycles. The number of carbonyl (C=O) groups excluding carboxylic acids is 1. The molecule has 0 aromatic heterocycles. The van der Waals surface area contributed by atoms with Crippen molar-refractivity contribution >= 4 is 15.9 Å². The molecule has 0 aliphatic heterocycles. The third kappa shape index (κ3) is 7.62. The van der Waals surface area contributed by atoms with Crippen molar-refractivity contribution in [3.05, 3.63) is 54.1 Å². The van der Waals surface area contributed by atoms with E-state index in [0.29, 0.717) is 11.3 Å². The van der Waals surface area contributed by atoms with Gasteiger partial charge in [0.2, 0.25) is 15.9 Å². The average Bonchev–Trinajstić information content (AvgIpc) is 2.66. The number of nitrogens with one attached hydrogen (secondary N) is 2. The Morgan fingerprint density at radius 1 is 1.00 bits per heavy atom. The standard InChI is InChI=1S/C18H19F3N2O5S/c1-27-14-6-8-16(9-7-14)29(25,26)23-11-10-17(24)22-12-13-2-4-15(5-3-13)28-18(19,20)21/h2-9,23H,10-12H2,1H3,(H,22,24). The van der Waals surface area contributed by atoms with Gasteiger partial charge in [-0.1, -0.05) is 12.1 Å². The highest BCUT2D eigenvalue weighted by Crippen LogP contribution is 2.22. The number of benzene rings is 2. The van der Waals surface area contributed by atoms with Crippen LogP contribution < -0.4 is 19.5 Å². The van der Waals surface area contributed by atoms with Crippen LogP contribution in [0.25, 0.3) is 0 Å². The van der Waals surface area contributed by atoms with E-state index in [-0.39, 0.29) is 30.2 Å². The zero-order valence-electron chi connectivity index (χ0n) is 15.3. The van der Waals surface area contributed by atoms with Crippen molar-refractivity contribution in [1.82, 2.24) is 10.0 Å². The van der Waals surface area contributed by atoms with Crippen molar-refractivity contribution in [1.29, 1.82) is 0 Å². The van der Waals surface area contributed by atoms with E-state index in [0.717, 1.165) is 12.1 Å². The zero-order valence-corrected chi connectivity index (χ0v) is 16.1. The van der Waals surface area contributed by atoms with Crippen LogP contribution in [0.15, 0.2) is 53.4 Å². The maximum atomic E-state index is 12.1. The fourth-order valence-corrected chi connectivity index (χ4v) is 3.27. The number of ether oxygens (including phenoxy) is 2. The maximum absolute atomic E-state index is 12.1. The number of sulfonamides is 1. The van der Waals surface area contributed by atoms with Crippen molar-refractivity contribution in [2.75, 3.05) is 13.7 Å². The molecule has 0 atom stereocenters. The first-order valence-electron chi connectivity index (χ1n) is 8.34. The number of carbonyl (C=O) groups is 1. The first-order valence-corrected chi connectivity index (χ1v) is 9.82. The lowest BCUT2D eigenvalue weighted by molar-refractivity contribution is -0.274. The van der Waals surface area contributed by atoms with Crippen LogP contribution in [0.2, 0.25) is 0 Å². The van der Waals surface area contributed by atoms with Crippen LogP contribution in [0.4, 0.5) is 13.2 Å². The summed E-state index contributed by atoms with van der Waals surface area (Å²) in [6.45, 7) is -0.0328. The minimum absolute atomic E-state index is 0.0415. The molecule has 0 aliphatic rings. The molecule has 7 nitrogen and oxygen atoms in total. The van der Waals surface area contributed by atoms with Crippen LogP contribution >= 0.6 is 0 Å². The zero-order chi connectivity index (χ0) is 21.5. The number of alkyl halides is 3. The molecule has 0 bridgehead atoms. The van der Waals surface area contributed by atoms with Gasteiger partial charge in [-0.2, -0.15) is 0 Å². The van der Waals surface area contributed by atoms with Gasteiger partial charge in [-0.3, -0.25) is 4.79 Å². The highest BCUT2D eigenvalue weighted by Gasteiger charge is 2.30. The summed E-state index contributed by atoms with van der Waals surface area (Å²) in [5.74, 6) is -0.264.